The van der Waals surface area contributed by atoms with Crippen LogP contribution in [0.3, 0.4) is 0 Å². The molecule has 0 bridgehead atoms. The fourth-order valence-corrected chi connectivity index (χ4v) is 3.21. The molecule has 0 aromatic heterocycles. The van der Waals surface area contributed by atoms with Crippen molar-refractivity contribution in [2.75, 3.05) is 13.2 Å². The van der Waals surface area contributed by atoms with E-state index in [2.05, 4.69) is 53.3 Å². The quantitative estimate of drug-likeness (QED) is 0.892. The summed E-state index contributed by atoms with van der Waals surface area (Å²) in [6, 6.07) is 6.96. The van der Waals surface area contributed by atoms with Crippen molar-refractivity contribution in [2.24, 2.45) is 0 Å². The van der Waals surface area contributed by atoms with Gasteiger partial charge in [-0.2, -0.15) is 0 Å². The van der Waals surface area contributed by atoms with Crippen molar-refractivity contribution in [3.63, 3.8) is 0 Å². The van der Waals surface area contributed by atoms with E-state index in [-0.39, 0.29) is 5.60 Å². The van der Waals surface area contributed by atoms with Crippen molar-refractivity contribution >= 4 is 15.9 Å². The number of halogens is 1. The summed E-state index contributed by atoms with van der Waals surface area (Å²) in [5.41, 5.74) is 2.81. The Labute approximate surface area is 118 Å². The molecule has 18 heavy (non-hydrogen) atoms. The summed E-state index contributed by atoms with van der Waals surface area (Å²) in [6.45, 7) is 7.98. The Morgan fingerprint density at radius 1 is 1.44 bits per heavy atom. The van der Waals surface area contributed by atoms with Crippen molar-refractivity contribution < 1.29 is 4.74 Å². The second-order valence-corrected chi connectivity index (χ2v) is 6.33. The number of nitrogens with one attached hydrogen (secondary N) is 1. The lowest BCUT2D eigenvalue weighted by molar-refractivity contribution is -0.0106. The molecule has 3 heteroatoms. The van der Waals surface area contributed by atoms with Crippen LogP contribution in [0.2, 0.25) is 0 Å². The molecule has 0 heterocycles. The lowest BCUT2D eigenvalue weighted by atomic mass is 10.1. The number of hydrogen-bond acceptors (Lipinski definition) is 2. The predicted octanol–water partition coefficient (Wildman–Crippen LogP) is 3.84. The molecular weight excluding hydrogens is 290 g/mol. The van der Waals surface area contributed by atoms with E-state index >= 15 is 0 Å². The van der Waals surface area contributed by atoms with Gasteiger partial charge in [0.1, 0.15) is 0 Å². The Balaban J connectivity index is 2.00. The van der Waals surface area contributed by atoms with Crippen LogP contribution >= 0.6 is 15.9 Å². The lowest BCUT2D eigenvalue weighted by Crippen LogP contribution is -2.38. The van der Waals surface area contributed by atoms with E-state index in [4.69, 9.17) is 4.74 Å². The average molecular weight is 312 g/mol. The number of rotatable bonds is 5. The molecule has 2 nitrogen and oxygen atoms in total. The zero-order chi connectivity index (χ0) is 13.2. The van der Waals surface area contributed by atoms with Gasteiger partial charge in [0.15, 0.2) is 0 Å². The van der Waals surface area contributed by atoms with Gasteiger partial charge in [0.2, 0.25) is 0 Å². The highest BCUT2D eigenvalue weighted by Gasteiger charge is 2.26. The first-order chi connectivity index (χ1) is 8.53. The number of ether oxygens (including phenoxy) is 1. The van der Waals surface area contributed by atoms with Crippen molar-refractivity contribution in [3.8, 4) is 0 Å². The first-order valence-electron chi connectivity index (χ1n) is 6.68. The molecule has 0 saturated carbocycles. The third-order valence-electron chi connectivity index (χ3n) is 3.52. The summed E-state index contributed by atoms with van der Waals surface area (Å²) < 4.78 is 6.97. The first kappa shape index (κ1) is 14.0. The Hall–Kier alpha value is -0.380. The zero-order valence-electron chi connectivity index (χ0n) is 11.4. The second kappa shape index (κ2) is 5.72. The number of benzene rings is 1. The van der Waals surface area contributed by atoms with E-state index in [1.54, 1.807) is 0 Å². The smallest absolute Gasteiger partial charge is 0.0750 e. The Kier molecular flexibility index (Phi) is 4.46. The van der Waals surface area contributed by atoms with E-state index in [0.717, 1.165) is 19.6 Å². The van der Waals surface area contributed by atoms with Crippen molar-refractivity contribution in [3.05, 3.63) is 33.8 Å². The van der Waals surface area contributed by atoms with Crippen molar-refractivity contribution in [2.45, 2.75) is 45.3 Å². The van der Waals surface area contributed by atoms with Crippen molar-refractivity contribution in [1.29, 1.82) is 0 Å². The molecule has 0 radical (unpaired) electrons. The highest BCUT2D eigenvalue weighted by atomic mass is 79.9. The van der Waals surface area contributed by atoms with E-state index in [1.165, 1.54) is 22.0 Å². The topological polar surface area (TPSA) is 21.3 Å². The van der Waals surface area contributed by atoms with Gasteiger partial charge in [-0.1, -0.05) is 28.1 Å². The summed E-state index contributed by atoms with van der Waals surface area (Å²) >= 11 is 3.64. The second-order valence-electron chi connectivity index (χ2n) is 5.47. The number of hydrogen-bond donors (Lipinski definition) is 1. The third-order valence-corrected chi connectivity index (χ3v) is 4.27. The highest BCUT2D eigenvalue weighted by Crippen LogP contribution is 2.35. The van der Waals surface area contributed by atoms with E-state index in [1.807, 2.05) is 6.92 Å². The summed E-state index contributed by atoms with van der Waals surface area (Å²) in [4.78, 5) is 0. The van der Waals surface area contributed by atoms with Gasteiger partial charge in [0.05, 0.1) is 5.60 Å². The van der Waals surface area contributed by atoms with Crippen LogP contribution in [0.4, 0.5) is 0 Å². The molecule has 0 aliphatic heterocycles. The molecule has 0 fully saturated rings. The van der Waals surface area contributed by atoms with Gasteiger partial charge >= 0.3 is 0 Å². The van der Waals surface area contributed by atoms with E-state index in [9.17, 15) is 0 Å². The summed E-state index contributed by atoms with van der Waals surface area (Å²) in [7, 11) is 0. The van der Waals surface area contributed by atoms with Gasteiger partial charge in [-0.05, 0) is 50.8 Å². The van der Waals surface area contributed by atoms with E-state index in [0.29, 0.717) is 6.04 Å². The molecule has 0 spiro atoms. The van der Waals surface area contributed by atoms with Gasteiger partial charge in [-0.3, -0.25) is 0 Å². The van der Waals surface area contributed by atoms with Crippen LogP contribution in [0.1, 0.15) is 44.4 Å². The van der Waals surface area contributed by atoms with Crippen LogP contribution in [0.5, 0.6) is 0 Å². The first-order valence-corrected chi connectivity index (χ1v) is 7.47. The summed E-state index contributed by atoms with van der Waals surface area (Å²) in [5.74, 6) is 0. The van der Waals surface area contributed by atoms with Gasteiger partial charge in [-0.25, -0.2) is 0 Å². The number of fused-ring (bicyclic) bond motifs is 1. The van der Waals surface area contributed by atoms with Crippen molar-refractivity contribution in [1.82, 2.24) is 5.32 Å². The molecule has 1 atom stereocenters. The summed E-state index contributed by atoms with van der Waals surface area (Å²) in [6.07, 6.45) is 2.34. The predicted molar refractivity (Wildman–Crippen MR) is 78.9 cm³/mol. The Morgan fingerprint density at radius 2 is 2.22 bits per heavy atom. The minimum atomic E-state index is -0.0937. The molecule has 1 unspecified atom stereocenters. The monoisotopic (exact) mass is 311 g/mol. The average Bonchev–Trinajstić information content (AvgIpc) is 2.71. The molecule has 1 aliphatic carbocycles. The SMILES string of the molecule is CCOC(C)(C)CNC1CCc2c(Br)cccc21. The largest absolute Gasteiger partial charge is 0.375 e. The zero-order valence-corrected chi connectivity index (χ0v) is 13.0. The minimum absolute atomic E-state index is 0.0937. The standard InChI is InChI=1S/C15H22BrNO/c1-4-18-15(2,3)10-17-14-9-8-11-12(14)6-5-7-13(11)16/h5-7,14,17H,4,8-10H2,1-3H3. The molecule has 100 valence electrons. The van der Waals surface area contributed by atoms with E-state index < -0.39 is 0 Å². The minimum Gasteiger partial charge on any atom is -0.375 e. The maximum atomic E-state index is 5.73. The van der Waals surface area contributed by atoms with Crippen LogP contribution in [-0.2, 0) is 11.2 Å². The fourth-order valence-electron chi connectivity index (χ4n) is 2.63. The van der Waals surface area contributed by atoms with Gasteiger partial charge in [0.25, 0.3) is 0 Å². The molecule has 1 N–H and O–H groups in total. The summed E-state index contributed by atoms with van der Waals surface area (Å²) in [5, 5.41) is 3.64. The van der Waals surface area contributed by atoms with Crippen LogP contribution in [0, 0.1) is 0 Å². The molecule has 1 aromatic rings. The lowest BCUT2D eigenvalue weighted by Gasteiger charge is -2.27. The molecule has 1 aromatic carbocycles. The van der Waals surface area contributed by atoms with Gasteiger partial charge < -0.3 is 10.1 Å². The third kappa shape index (κ3) is 3.14. The van der Waals surface area contributed by atoms with Crippen LogP contribution in [0.15, 0.2) is 22.7 Å². The molecule has 0 saturated heterocycles. The maximum Gasteiger partial charge on any atom is 0.0750 e. The highest BCUT2D eigenvalue weighted by molar-refractivity contribution is 9.10. The van der Waals surface area contributed by atoms with Crippen LogP contribution < -0.4 is 5.32 Å². The Bertz CT molecular complexity index is 417. The van der Waals surface area contributed by atoms with Gasteiger partial charge in [-0.15, -0.1) is 0 Å². The maximum absolute atomic E-state index is 5.73. The molecular formula is C15H22BrNO. The fraction of sp³-hybridized carbons (Fsp3) is 0.600. The van der Waals surface area contributed by atoms with Crippen LogP contribution in [0.25, 0.3) is 0 Å². The van der Waals surface area contributed by atoms with Crippen LogP contribution in [-0.4, -0.2) is 18.8 Å². The normalized spacial score (nSPS) is 19.0. The Morgan fingerprint density at radius 3 is 2.94 bits per heavy atom. The molecule has 1 aliphatic rings. The molecule has 0 amide bonds. The molecule has 2 rings (SSSR count). The van der Waals surface area contributed by atoms with Gasteiger partial charge in [0, 0.05) is 23.7 Å².